The molecule has 0 heterocycles. The van der Waals surface area contributed by atoms with Crippen molar-refractivity contribution in [1.82, 2.24) is 0 Å². The summed E-state index contributed by atoms with van der Waals surface area (Å²) in [7, 11) is -3.08. The second-order valence-corrected chi connectivity index (χ2v) is 4.95. The zero-order chi connectivity index (χ0) is 10.5. The van der Waals surface area contributed by atoms with Crippen LogP contribution < -0.4 is 5.73 Å². The number of sulfone groups is 1. The van der Waals surface area contributed by atoms with E-state index in [9.17, 15) is 13.2 Å². The van der Waals surface area contributed by atoms with Crippen molar-refractivity contribution in [3.63, 3.8) is 0 Å². The Morgan fingerprint density at radius 3 is 2.46 bits per heavy atom. The van der Waals surface area contributed by atoms with E-state index in [0.717, 1.165) is 12.3 Å². The van der Waals surface area contributed by atoms with Gasteiger partial charge in [0, 0.05) is 18.0 Å². The Kier molecular flexibility index (Phi) is 4.47. The molecule has 76 valence electrons. The largest absolute Gasteiger partial charge is 0.461 e. The van der Waals surface area contributed by atoms with Gasteiger partial charge in [-0.15, -0.1) is 0 Å². The quantitative estimate of drug-likeness (QED) is 0.493. The van der Waals surface area contributed by atoms with Crippen LogP contribution >= 0.6 is 0 Å². The summed E-state index contributed by atoms with van der Waals surface area (Å²) in [5.41, 5.74) is 5.52. The molecule has 0 amide bonds. The molecule has 0 atom stereocenters. The Bertz CT molecular complexity index is 300. The lowest BCUT2D eigenvalue weighted by molar-refractivity contribution is -0.137. The number of esters is 1. The summed E-state index contributed by atoms with van der Waals surface area (Å²) in [6, 6.07) is 0. The van der Waals surface area contributed by atoms with E-state index in [-0.39, 0.29) is 12.4 Å². The minimum Gasteiger partial charge on any atom is -0.461 e. The molecular formula is C7H13NO4S. The molecule has 6 heteroatoms. The van der Waals surface area contributed by atoms with Crippen LogP contribution in [0.3, 0.4) is 0 Å². The molecule has 0 saturated carbocycles. The maximum Gasteiger partial charge on any atom is 0.332 e. The van der Waals surface area contributed by atoms with Gasteiger partial charge in [0.25, 0.3) is 0 Å². The fraction of sp³-hybridized carbons (Fsp3) is 0.571. The van der Waals surface area contributed by atoms with E-state index in [1.807, 2.05) is 0 Å². The zero-order valence-corrected chi connectivity index (χ0v) is 8.43. The van der Waals surface area contributed by atoms with E-state index in [1.54, 1.807) is 0 Å². The lowest BCUT2D eigenvalue weighted by atomic mass is 10.4. The average Bonchev–Trinajstić information content (AvgIpc) is 1.81. The molecule has 0 saturated heterocycles. The highest BCUT2D eigenvalue weighted by Crippen LogP contribution is 1.88. The molecule has 0 rings (SSSR count). The first kappa shape index (κ1) is 12.0. The molecule has 0 bridgehead atoms. The summed E-state index contributed by atoms with van der Waals surface area (Å²) in [5, 5.41) is 0. The van der Waals surface area contributed by atoms with Crippen molar-refractivity contribution in [3.8, 4) is 0 Å². The van der Waals surface area contributed by atoms with E-state index in [1.165, 1.54) is 6.92 Å². The summed E-state index contributed by atoms with van der Waals surface area (Å²) < 4.78 is 25.8. The van der Waals surface area contributed by atoms with Crippen LogP contribution in [0.4, 0.5) is 0 Å². The van der Waals surface area contributed by atoms with Crippen molar-refractivity contribution in [2.24, 2.45) is 5.73 Å². The fourth-order valence-electron chi connectivity index (χ4n) is 0.521. The smallest absolute Gasteiger partial charge is 0.332 e. The second kappa shape index (κ2) is 4.86. The van der Waals surface area contributed by atoms with Gasteiger partial charge in [-0.1, -0.05) is 0 Å². The van der Waals surface area contributed by atoms with Crippen LogP contribution in [0.5, 0.6) is 0 Å². The maximum atomic E-state index is 10.8. The molecule has 0 aliphatic heterocycles. The highest BCUT2D eigenvalue weighted by molar-refractivity contribution is 7.90. The molecule has 0 fully saturated rings. The summed E-state index contributed by atoms with van der Waals surface area (Å²) >= 11 is 0. The first-order valence-corrected chi connectivity index (χ1v) is 5.65. The Hall–Kier alpha value is -1.04. The van der Waals surface area contributed by atoms with Crippen molar-refractivity contribution in [1.29, 1.82) is 0 Å². The molecule has 2 N–H and O–H groups in total. The van der Waals surface area contributed by atoms with Crippen molar-refractivity contribution < 1.29 is 17.9 Å². The third-order valence-electron chi connectivity index (χ3n) is 1.04. The molecule has 0 aliphatic rings. The number of ether oxygens (including phenoxy) is 1. The Morgan fingerprint density at radius 1 is 1.54 bits per heavy atom. The van der Waals surface area contributed by atoms with Gasteiger partial charge in [-0.25, -0.2) is 13.2 Å². The second-order valence-electron chi connectivity index (χ2n) is 2.69. The molecule has 0 aromatic carbocycles. The highest BCUT2D eigenvalue weighted by atomic mass is 32.2. The minimum atomic E-state index is -3.08. The molecule has 0 aliphatic carbocycles. The normalized spacial score (nSPS) is 12.6. The third-order valence-corrected chi connectivity index (χ3v) is 1.95. The van der Waals surface area contributed by atoms with Crippen LogP contribution in [0.25, 0.3) is 0 Å². The number of carbonyl (C=O) groups excluding carboxylic acids is 1. The van der Waals surface area contributed by atoms with Gasteiger partial charge >= 0.3 is 5.97 Å². The number of allylic oxidation sites excluding steroid dienone is 1. The van der Waals surface area contributed by atoms with Crippen LogP contribution in [-0.4, -0.2) is 33.0 Å². The molecule has 0 unspecified atom stereocenters. The lowest BCUT2D eigenvalue weighted by Gasteiger charge is -2.00. The van der Waals surface area contributed by atoms with Gasteiger partial charge in [0.05, 0.1) is 5.75 Å². The standard InChI is InChI=1S/C7H13NO4S/c1-6(8)5-7(9)12-3-4-13(2,10)11/h5H,3-4,8H2,1-2H3/b6-5-. The van der Waals surface area contributed by atoms with Crippen LogP contribution in [0.1, 0.15) is 6.92 Å². The van der Waals surface area contributed by atoms with Gasteiger partial charge in [-0.05, 0) is 6.92 Å². The van der Waals surface area contributed by atoms with Gasteiger partial charge in [-0.2, -0.15) is 0 Å². The molecule has 13 heavy (non-hydrogen) atoms. The van der Waals surface area contributed by atoms with Crippen molar-refractivity contribution in [3.05, 3.63) is 11.8 Å². The Balaban J connectivity index is 3.80. The number of hydrogen-bond acceptors (Lipinski definition) is 5. The monoisotopic (exact) mass is 207 g/mol. The predicted octanol–water partition coefficient (Wildman–Crippen LogP) is -0.563. The van der Waals surface area contributed by atoms with Crippen LogP contribution in [0.15, 0.2) is 11.8 Å². The van der Waals surface area contributed by atoms with Crippen LogP contribution in [0.2, 0.25) is 0 Å². The molecule has 0 spiro atoms. The van der Waals surface area contributed by atoms with E-state index >= 15 is 0 Å². The number of carbonyl (C=O) groups is 1. The van der Waals surface area contributed by atoms with Crippen molar-refractivity contribution in [2.75, 3.05) is 18.6 Å². The van der Waals surface area contributed by atoms with Gasteiger partial charge in [0.2, 0.25) is 0 Å². The summed E-state index contributed by atoms with van der Waals surface area (Å²) in [6.07, 6.45) is 2.17. The number of hydrogen-bond donors (Lipinski definition) is 1. The van der Waals surface area contributed by atoms with Gasteiger partial charge in [0.15, 0.2) is 9.84 Å². The minimum absolute atomic E-state index is 0.137. The molecule has 0 aromatic rings. The summed E-state index contributed by atoms with van der Waals surface area (Å²) in [4.78, 5) is 10.8. The van der Waals surface area contributed by atoms with Crippen molar-refractivity contribution in [2.45, 2.75) is 6.92 Å². The topological polar surface area (TPSA) is 86.5 Å². The zero-order valence-electron chi connectivity index (χ0n) is 7.61. The third kappa shape index (κ3) is 8.87. The SMILES string of the molecule is C/C(N)=C/C(=O)OCCS(C)(=O)=O. The highest BCUT2D eigenvalue weighted by Gasteiger charge is 2.04. The van der Waals surface area contributed by atoms with Crippen LogP contribution in [0, 0.1) is 0 Å². The van der Waals surface area contributed by atoms with Crippen molar-refractivity contribution >= 4 is 15.8 Å². The summed E-state index contributed by atoms with van der Waals surface area (Å²) in [5.74, 6) is -0.792. The number of nitrogens with two attached hydrogens (primary N) is 1. The molecular weight excluding hydrogens is 194 g/mol. The molecule has 0 aromatic heterocycles. The molecule has 0 radical (unpaired) electrons. The first-order chi connectivity index (χ1) is 5.81. The Labute approximate surface area is 77.5 Å². The summed E-state index contributed by atoms with van der Waals surface area (Å²) in [6.45, 7) is 1.40. The van der Waals surface area contributed by atoms with E-state index < -0.39 is 15.8 Å². The van der Waals surface area contributed by atoms with E-state index in [4.69, 9.17) is 5.73 Å². The molecule has 5 nitrogen and oxygen atoms in total. The average molecular weight is 207 g/mol. The van der Waals surface area contributed by atoms with Crippen LogP contribution in [-0.2, 0) is 19.4 Å². The van der Waals surface area contributed by atoms with Gasteiger partial charge in [0.1, 0.15) is 6.61 Å². The lowest BCUT2D eigenvalue weighted by Crippen LogP contribution is -2.13. The predicted molar refractivity (Wildman–Crippen MR) is 48.6 cm³/mol. The van der Waals surface area contributed by atoms with E-state index in [2.05, 4.69) is 4.74 Å². The Morgan fingerprint density at radius 2 is 2.08 bits per heavy atom. The van der Waals surface area contributed by atoms with E-state index in [0.29, 0.717) is 5.70 Å². The van der Waals surface area contributed by atoms with Gasteiger partial charge in [-0.3, -0.25) is 0 Å². The number of rotatable bonds is 4. The maximum absolute atomic E-state index is 10.8. The van der Waals surface area contributed by atoms with Gasteiger partial charge < -0.3 is 10.5 Å². The first-order valence-electron chi connectivity index (χ1n) is 3.59. The fourth-order valence-corrected chi connectivity index (χ4v) is 0.907.